The van der Waals surface area contributed by atoms with Crippen LogP contribution in [0.5, 0.6) is 0 Å². The fourth-order valence-corrected chi connectivity index (χ4v) is 1.73. The van der Waals surface area contributed by atoms with E-state index < -0.39 is 11.7 Å². The molecule has 1 unspecified atom stereocenters. The fraction of sp³-hybridized carbons (Fsp3) is 0.273. The normalized spacial score (nSPS) is 23.5. The zero-order valence-electron chi connectivity index (χ0n) is 8.80. The first-order valence-corrected chi connectivity index (χ1v) is 4.81. The predicted molar refractivity (Wildman–Crippen MR) is 58.3 cm³/mol. The van der Waals surface area contributed by atoms with Gasteiger partial charge in [0.05, 0.1) is 12.1 Å². The van der Waals surface area contributed by atoms with Gasteiger partial charge in [-0.25, -0.2) is 4.99 Å². The monoisotopic (exact) mass is 220 g/mol. The number of carbonyl (C=O) groups excluding carboxylic acids is 1. The first-order valence-electron chi connectivity index (χ1n) is 4.81. The Morgan fingerprint density at radius 3 is 2.88 bits per heavy atom. The first kappa shape index (κ1) is 10.8. The van der Waals surface area contributed by atoms with Crippen molar-refractivity contribution in [2.24, 2.45) is 10.7 Å². The van der Waals surface area contributed by atoms with Crippen LogP contribution in [0.25, 0.3) is 0 Å². The van der Waals surface area contributed by atoms with Gasteiger partial charge in [-0.05, 0) is 6.07 Å². The van der Waals surface area contributed by atoms with E-state index >= 15 is 0 Å². The highest BCUT2D eigenvalue weighted by atomic mass is 16.6. The van der Waals surface area contributed by atoms with Gasteiger partial charge in [-0.2, -0.15) is 0 Å². The number of hydrogen-bond donors (Lipinski definition) is 2. The highest BCUT2D eigenvalue weighted by molar-refractivity contribution is 6.39. The third-order valence-electron chi connectivity index (χ3n) is 2.61. The molecule has 84 valence electrons. The summed E-state index contributed by atoms with van der Waals surface area (Å²) in [7, 11) is 1.38. The second-order valence-electron chi connectivity index (χ2n) is 3.61. The van der Waals surface area contributed by atoms with Gasteiger partial charge in [-0.3, -0.25) is 4.79 Å². The molecular formula is C11H12N2O3. The minimum absolute atomic E-state index is 0.0319. The number of amides is 1. The Balaban J connectivity index is 2.58. The Labute approximate surface area is 92.6 Å². The molecule has 0 radical (unpaired) electrons. The van der Waals surface area contributed by atoms with Crippen molar-refractivity contribution in [2.45, 2.75) is 12.2 Å². The van der Waals surface area contributed by atoms with Gasteiger partial charge in [0.25, 0.3) is 5.91 Å². The van der Waals surface area contributed by atoms with Crippen LogP contribution in [0.2, 0.25) is 0 Å². The van der Waals surface area contributed by atoms with E-state index in [9.17, 15) is 9.90 Å². The SMILES string of the molecule is COC1(O)CC(C(N)=O)=Nc2ccccc21. The second kappa shape index (κ2) is 3.70. The number of primary amides is 1. The van der Waals surface area contributed by atoms with Gasteiger partial charge in [0.1, 0.15) is 5.71 Å². The van der Waals surface area contributed by atoms with Crippen molar-refractivity contribution in [3.05, 3.63) is 29.8 Å². The van der Waals surface area contributed by atoms with E-state index in [0.717, 1.165) is 0 Å². The molecule has 0 saturated carbocycles. The molecule has 0 aliphatic carbocycles. The van der Waals surface area contributed by atoms with E-state index in [1.807, 2.05) is 0 Å². The number of para-hydroxylation sites is 1. The number of nitrogens with zero attached hydrogens (tertiary/aromatic N) is 1. The van der Waals surface area contributed by atoms with Crippen molar-refractivity contribution < 1.29 is 14.6 Å². The highest BCUT2D eigenvalue weighted by Gasteiger charge is 2.37. The number of hydrogen-bond acceptors (Lipinski definition) is 4. The van der Waals surface area contributed by atoms with Gasteiger partial charge in [-0.15, -0.1) is 0 Å². The highest BCUT2D eigenvalue weighted by Crippen LogP contribution is 2.37. The van der Waals surface area contributed by atoms with Crippen molar-refractivity contribution in [2.75, 3.05) is 7.11 Å². The zero-order valence-corrected chi connectivity index (χ0v) is 8.80. The van der Waals surface area contributed by atoms with E-state index in [0.29, 0.717) is 11.3 Å². The molecule has 5 heteroatoms. The molecule has 0 fully saturated rings. The summed E-state index contributed by atoms with van der Waals surface area (Å²) in [6, 6.07) is 6.94. The van der Waals surface area contributed by atoms with Crippen LogP contribution in [0, 0.1) is 0 Å². The molecule has 0 spiro atoms. The lowest BCUT2D eigenvalue weighted by Crippen LogP contribution is -2.38. The van der Waals surface area contributed by atoms with Crippen LogP contribution in [0.3, 0.4) is 0 Å². The summed E-state index contributed by atoms with van der Waals surface area (Å²) < 4.78 is 5.05. The van der Waals surface area contributed by atoms with Crippen LogP contribution in [0.4, 0.5) is 5.69 Å². The number of aliphatic hydroxyl groups is 1. The Kier molecular flexibility index (Phi) is 2.49. The van der Waals surface area contributed by atoms with Crippen LogP contribution in [0.1, 0.15) is 12.0 Å². The molecule has 0 bridgehead atoms. The van der Waals surface area contributed by atoms with Crippen molar-refractivity contribution in [1.82, 2.24) is 0 Å². The van der Waals surface area contributed by atoms with Crippen LogP contribution in [-0.4, -0.2) is 23.8 Å². The summed E-state index contributed by atoms with van der Waals surface area (Å²) in [5.74, 6) is -2.17. The molecule has 2 rings (SSSR count). The lowest BCUT2D eigenvalue weighted by Gasteiger charge is -2.31. The summed E-state index contributed by atoms with van der Waals surface area (Å²) in [4.78, 5) is 15.2. The Hall–Kier alpha value is -1.72. The first-order chi connectivity index (χ1) is 7.57. The second-order valence-corrected chi connectivity index (χ2v) is 3.61. The molecule has 1 amide bonds. The number of nitrogens with two attached hydrogens (primary N) is 1. The van der Waals surface area contributed by atoms with E-state index in [1.54, 1.807) is 24.3 Å². The molecule has 1 aromatic carbocycles. The van der Waals surface area contributed by atoms with Gasteiger partial charge in [0.2, 0.25) is 0 Å². The number of aliphatic imine (C=N–C) groups is 1. The van der Waals surface area contributed by atoms with E-state index in [2.05, 4.69) is 4.99 Å². The number of rotatable bonds is 2. The number of methoxy groups -OCH3 is 1. The smallest absolute Gasteiger partial charge is 0.263 e. The van der Waals surface area contributed by atoms with Crippen molar-refractivity contribution >= 4 is 17.3 Å². The number of ether oxygens (including phenoxy) is 1. The topological polar surface area (TPSA) is 84.9 Å². The summed E-state index contributed by atoms with van der Waals surface area (Å²) in [5, 5.41) is 10.2. The molecule has 0 saturated heterocycles. The lowest BCUT2D eigenvalue weighted by atomic mass is 9.94. The molecule has 1 heterocycles. The number of benzene rings is 1. The molecule has 1 aliphatic heterocycles. The quantitative estimate of drug-likeness (QED) is 0.709. The summed E-state index contributed by atoms with van der Waals surface area (Å²) in [5.41, 5.74) is 6.33. The summed E-state index contributed by atoms with van der Waals surface area (Å²) in [6.07, 6.45) is -0.0319. The Bertz CT molecular complexity index is 470. The third-order valence-corrected chi connectivity index (χ3v) is 2.61. The van der Waals surface area contributed by atoms with Crippen LogP contribution >= 0.6 is 0 Å². The molecule has 1 aromatic rings. The van der Waals surface area contributed by atoms with Crippen LogP contribution < -0.4 is 5.73 Å². The van der Waals surface area contributed by atoms with Crippen molar-refractivity contribution in [3.8, 4) is 0 Å². The average Bonchev–Trinajstić information content (AvgIpc) is 2.29. The van der Waals surface area contributed by atoms with E-state index in [1.165, 1.54) is 7.11 Å². The Morgan fingerprint density at radius 1 is 1.56 bits per heavy atom. The number of carbonyl (C=O) groups is 1. The molecule has 1 atom stereocenters. The maximum atomic E-state index is 11.1. The zero-order chi connectivity index (χ0) is 11.8. The Morgan fingerprint density at radius 2 is 2.25 bits per heavy atom. The third kappa shape index (κ3) is 1.60. The van der Waals surface area contributed by atoms with Crippen molar-refractivity contribution in [3.63, 3.8) is 0 Å². The van der Waals surface area contributed by atoms with Crippen LogP contribution in [-0.2, 0) is 15.3 Å². The molecule has 16 heavy (non-hydrogen) atoms. The van der Waals surface area contributed by atoms with Gasteiger partial charge >= 0.3 is 0 Å². The summed E-state index contributed by atoms with van der Waals surface area (Å²) >= 11 is 0. The van der Waals surface area contributed by atoms with Gasteiger partial charge in [0, 0.05) is 12.7 Å². The molecule has 0 aromatic heterocycles. The van der Waals surface area contributed by atoms with Gasteiger partial charge in [-0.1, -0.05) is 18.2 Å². The maximum absolute atomic E-state index is 11.1. The largest absolute Gasteiger partial charge is 0.365 e. The van der Waals surface area contributed by atoms with E-state index in [-0.39, 0.29) is 12.1 Å². The minimum Gasteiger partial charge on any atom is -0.365 e. The van der Waals surface area contributed by atoms with Gasteiger partial charge in [0.15, 0.2) is 5.79 Å². The molecule has 5 nitrogen and oxygen atoms in total. The summed E-state index contributed by atoms with van der Waals surface area (Å²) in [6.45, 7) is 0. The fourth-order valence-electron chi connectivity index (χ4n) is 1.73. The van der Waals surface area contributed by atoms with Crippen LogP contribution in [0.15, 0.2) is 29.3 Å². The molecule has 1 aliphatic rings. The average molecular weight is 220 g/mol. The predicted octanol–water partition coefficient (Wildman–Crippen LogP) is 0.440. The van der Waals surface area contributed by atoms with E-state index in [4.69, 9.17) is 10.5 Å². The molecule has 3 N–H and O–H groups in total. The minimum atomic E-state index is -1.53. The maximum Gasteiger partial charge on any atom is 0.263 e. The van der Waals surface area contributed by atoms with Crippen molar-refractivity contribution in [1.29, 1.82) is 0 Å². The number of fused-ring (bicyclic) bond motifs is 1. The standard InChI is InChI=1S/C11H12N2O3/c1-16-11(15)6-9(10(12)14)13-8-5-3-2-4-7(8)11/h2-5,15H,6H2,1H3,(H2,12,14). The van der Waals surface area contributed by atoms with Gasteiger partial charge < -0.3 is 15.6 Å². The lowest BCUT2D eigenvalue weighted by molar-refractivity contribution is -0.189. The molecular weight excluding hydrogens is 208 g/mol.